The van der Waals surface area contributed by atoms with Crippen molar-refractivity contribution >= 4 is 0 Å². The SMILES string of the molecule is OCC1OC(c2c(O)cc3c4c2OC(c2ccc(O)cc2)C4c2cc(O)cc(O)c2C(c2ccc(O)cc2)C3O)C(O)C(O)C1O. The summed E-state index contributed by atoms with van der Waals surface area (Å²) >= 11 is 0. The quantitative estimate of drug-likeness (QED) is 0.156. The molecule has 46 heavy (non-hydrogen) atoms. The minimum Gasteiger partial charge on any atom is -0.508 e. The van der Waals surface area contributed by atoms with Gasteiger partial charge in [0, 0.05) is 23.1 Å². The van der Waals surface area contributed by atoms with Crippen LogP contribution in [0.25, 0.3) is 0 Å². The lowest BCUT2D eigenvalue weighted by molar-refractivity contribution is -0.232. The van der Waals surface area contributed by atoms with Gasteiger partial charge in [0.2, 0.25) is 0 Å². The Labute approximate surface area is 261 Å². The summed E-state index contributed by atoms with van der Waals surface area (Å²) in [4.78, 5) is 0. The zero-order chi connectivity index (χ0) is 32.6. The van der Waals surface area contributed by atoms with E-state index in [2.05, 4.69) is 0 Å². The standard InChI is InChI=1S/C34H32O12/c35-12-22-29(42)30(43)31(44)34(45-22)27-21(40)11-19-26-25(32(46-33(26)27)14-3-7-16(37)8-4-14)18-9-17(38)10-20(39)24(18)23(28(19)41)13-1-5-15(36)6-2-13/h1-11,22-23,25,28-32,34-44H,12H2. The molecule has 4 aromatic carbocycles. The number of hydrogen-bond acceptors (Lipinski definition) is 12. The van der Waals surface area contributed by atoms with Crippen LogP contribution in [0.15, 0.2) is 66.7 Å². The van der Waals surface area contributed by atoms with Crippen LogP contribution in [0.2, 0.25) is 0 Å². The fourth-order valence-electron chi connectivity index (χ4n) is 7.20. The molecule has 10 N–H and O–H groups in total. The molecule has 0 radical (unpaired) electrons. The van der Waals surface area contributed by atoms with Gasteiger partial charge < -0.3 is 60.5 Å². The van der Waals surface area contributed by atoms with Crippen molar-refractivity contribution in [3.8, 4) is 34.5 Å². The average Bonchev–Trinajstić information content (AvgIpc) is 3.38. The van der Waals surface area contributed by atoms with E-state index in [1.54, 1.807) is 24.3 Å². The first-order valence-electron chi connectivity index (χ1n) is 14.7. The van der Waals surface area contributed by atoms with E-state index < -0.39 is 66.9 Å². The van der Waals surface area contributed by atoms with Gasteiger partial charge in [-0.1, -0.05) is 24.3 Å². The molecular weight excluding hydrogens is 600 g/mol. The van der Waals surface area contributed by atoms with Crippen LogP contribution in [0.4, 0.5) is 0 Å². The van der Waals surface area contributed by atoms with E-state index in [1.807, 2.05) is 0 Å². The zero-order valence-corrected chi connectivity index (χ0v) is 24.0. The molecule has 0 bridgehead atoms. The summed E-state index contributed by atoms with van der Waals surface area (Å²) in [7, 11) is 0. The van der Waals surface area contributed by atoms with Crippen molar-refractivity contribution in [2.75, 3.05) is 6.61 Å². The Hall–Kier alpha value is -4.56. The van der Waals surface area contributed by atoms with Crippen molar-refractivity contribution in [3.05, 3.63) is 106 Å². The average molecular weight is 633 g/mol. The third-order valence-electron chi connectivity index (χ3n) is 9.33. The van der Waals surface area contributed by atoms with E-state index in [0.717, 1.165) is 6.07 Å². The number of aliphatic hydroxyl groups excluding tert-OH is 5. The molecule has 0 spiro atoms. The molecule has 12 nitrogen and oxygen atoms in total. The minimum absolute atomic E-state index is 0.0124. The van der Waals surface area contributed by atoms with Gasteiger partial charge in [-0.2, -0.15) is 0 Å². The van der Waals surface area contributed by atoms with Crippen molar-refractivity contribution in [2.45, 2.75) is 54.6 Å². The Morgan fingerprint density at radius 3 is 1.78 bits per heavy atom. The molecule has 2 aliphatic heterocycles. The number of phenols is 5. The van der Waals surface area contributed by atoms with Gasteiger partial charge in [-0.3, -0.25) is 0 Å². The Balaban J connectivity index is 1.53. The van der Waals surface area contributed by atoms with Gasteiger partial charge in [0.25, 0.3) is 0 Å². The molecule has 1 fully saturated rings. The van der Waals surface area contributed by atoms with Gasteiger partial charge in [0.15, 0.2) is 0 Å². The van der Waals surface area contributed by atoms with E-state index in [9.17, 15) is 51.1 Å². The number of ether oxygens (including phenoxy) is 2. The molecule has 4 aromatic rings. The molecule has 9 atom stereocenters. The van der Waals surface area contributed by atoms with Gasteiger partial charge in [-0.25, -0.2) is 0 Å². The molecular formula is C34H32O12. The van der Waals surface area contributed by atoms with Crippen LogP contribution in [0.3, 0.4) is 0 Å². The third kappa shape index (κ3) is 4.53. The highest BCUT2D eigenvalue weighted by Gasteiger charge is 2.52. The number of aromatic hydroxyl groups is 5. The van der Waals surface area contributed by atoms with Crippen LogP contribution < -0.4 is 4.74 Å². The first-order chi connectivity index (χ1) is 22.0. The summed E-state index contributed by atoms with van der Waals surface area (Å²) in [5, 5.41) is 108. The van der Waals surface area contributed by atoms with Gasteiger partial charge >= 0.3 is 0 Å². The number of hydrogen-bond donors (Lipinski definition) is 10. The van der Waals surface area contributed by atoms with Crippen LogP contribution in [-0.4, -0.2) is 82.1 Å². The normalized spacial score (nSPS) is 29.8. The maximum absolute atomic E-state index is 12.1. The Morgan fingerprint density at radius 1 is 0.543 bits per heavy atom. The highest BCUT2D eigenvalue weighted by molar-refractivity contribution is 5.68. The molecule has 9 unspecified atom stereocenters. The largest absolute Gasteiger partial charge is 0.508 e. The summed E-state index contributed by atoms with van der Waals surface area (Å²) < 4.78 is 12.4. The van der Waals surface area contributed by atoms with Gasteiger partial charge in [0.05, 0.1) is 24.2 Å². The topological polar surface area (TPSA) is 221 Å². The van der Waals surface area contributed by atoms with Gasteiger partial charge in [-0.05, 0) is 58.7 Å². The minimum atomic E-state index is -1.77. The Morgan fingerprint density at radius 2 is 1.15 bits per heavy atom. The first-order valence-corrected chi connectivity index (χ1v) is 14.7. The first kappa shape index (κ1) is 30.1. The molecule has 2 heterocycles. The Kier molecular flexibility index (Phi) is 7.24. The molecule has 0 saturated carbocycles. The molecule has 240 valence electrons. The molecule has 1 saturated heterocycles. The number of phenolic OH excluding ortho intramolecular Hbond substituents is 5. The van der Waals surface area contributed by atoms with E-state index in [4.69, 9.17) is 9.47 Å². The lowest BCUT2D eigenvalue weighted by atomic mass is 9.80. The summed E-state index contributed by atoms with van der Waals surface area (Å²) in [5.74, 6) is -2.95. The predicted molar refractivity (Wildman–Crippen MR) is 159 cm³/mol. The van der Waals surface area contributed by atoms with Crippen LogP contribution >= 0.6 is 0 Å². The van der Waals surface area contributed by atoms with Crippen LogP contribution in [0.5, 0.6) is 34.5 Å². The highest BCUT2D eigenvalue weighted by Crippen LogP contribution is 2.63. The number of fused-ring (bicyclic) bond motifs is 2. The van der Waals surface area contributed by atoms with Gasteiger partial charge in [0.1, 0.15) is 71.1 Å². The number of benzene rings is 4. The van der Waals surface area contributed by atoms with Crippen molar-refractivity contribution < 1.29 is 60.5 Å². The van der Waals surface area contributed by atoms with E-state index in [-0.39, 0.29) is 45.4 Å². The lowest BCUT2D eigenvalue weighted by Crippen LogP contribution is -2.55. The van der Waals surface area contributed by atoms with E-state index >= 15 is 0 Å². The number of aliphatic hydroxyl groups is 5. The maximum atomic E-state index is 12.1. The molecule has 7 rings (SSSR count). The van der Waals surface area contributed by atoms with E-state index in [0.29, 0.717) is 22.3 Å². The van der Waals surface area contributed by atoms with Crippen molar-refractivity contribution in [1.82, 2.24) is 0 Å². The Bertz CT molecular complexity index is 1790. The predicted octanol–water partition coefficient (Wildman–Crippen LogP) is 2.17. The zero-order valence-electron chi connectivity index (χ0n) is 24.0. The summed E-state index contributed by atoms with van der Waals surface area (Å²) in [5.41, 5.74) is 2.09. The lowest BCUT2D eigenvalue weighted by Gasteiger charge is -2.40. The molecule has 1 aliphatic carbocycles. The maximum Gasteiger partial charge on any atom is 0.135 e. The van der Waals surface area contributed by atoms with Crippen LogP contribution in [0.1, 0.15) is 69.1 Å². The molecule has 0 aromatic heterocycles. The second-order valence-electron chi connectivity index (χ2n) is 12.0. The molecule has 3 aliphatic rings. The van der Waals surface area contributed by atoms with Crippen LogP contribution in [0, 0.1) is 0 Å². The number of rotatable bonds is 4. The monoisotopic (exact) mass is 632 g/mol. The summed E-state index contributed by atoms with van der Waals surface area (Å²) in [6.07, 6.45) is -10.4. The van der Waals surface area contributed by atoms with Gasteiger partial charge in [-0.15, -0.1) is 0 Å². The second kappa shape index (κ2) is 11.1. The third-order valence-corrected chi connectivity index (χ3v) is 9.33. The van der Waals surface area contributed by atoms with Crippen molar-refractivity contribution in [2.24, 2.45) is 0 Å². The van der Waals surface area contributed by atoms with Crippen molar-refractivity contribution in [1.29, 1.82) is 0 Å². The smallest absolute Gasteiger partial charge is 0.135 e. The molecule has 12 heteroatoms. The second-order valence-corrected chi connectivity index (χ2v) is 12.0. The fourth-order valence-corrected chi connectivity index (χ4v) is 7.20. The van der Waals surface area contributed by atoms with E-state index in [1.165, 1.54) is 36.4 Å². The summed E-state index contributed by atoms with van der Waals surface area (Å²) in [6.45, 7) is -0.707. The van der Waals surface area contributed by atoms with Crippen molar-refractivity contribution in [3.63, 3.8) is 0 Å². The summed E-state index contributed by atoms with van der Waals surface area (Å²) in [6, 6.07) is 16.0. The molecule has 0 amide bonds. The fraction of sp³-hybridized carbons (Fsp3) is 0.294. The van der Waals surface area contributed by atoms with Crippen LogP contribution in [-0.2, 0) is 4.74 Å². The highest BCUT2D eigenvalue weighted by atomic mass is 16.5.